The van der Waals surface area contributed by atoms with E-state index in [0.29, 0.717) is 12.5 Å². The number of nitrogens with zero attached hydrogens (tertiary/aromatic N) is 1. The van der Waals surface area contributed by atoms with Crippen LogP contribution in [-0.4, -0.2) is 66.7 Å². The van der Waals surface area contributed by atoms with Crippen molar-refractivity contribution in [1.82, 2.24) is 15.5 Å². The van der Waals surface area contributed by atoms with Crippen molar-refractivity contribution in [2.24, 2.45) is 5.92 Å². The Morgan fingerprint density at radius 2 is 1.53 bits per heavy atom. The van der Waals surface area contributed by atoms with Gasteiger partial charge in [0, 0.05) is 12.5 Å². The molecule has 1 saturated carbocycles. The van der Waals surface area contributed by atoms with Gasteiger partial charge in [-0.15, -0.1) is 0 Å². The SMILES string of the molecule is O=C(O)CN(CC1CC1)C(=O)CNC(=O)CNC(=O)OCC1c2ccccc2-c2ccccc21. The number of carbonyl (C=O) groups excluding carboxylic acids is 3. The molecule has 9 nitrogen and oxygen atoms in total. The van der Waals surface area contributed by atoms with Gasteiger partial charge in [-0.1, -0.05) is 48.5 Å². The molecule has 0 bridgehead atoms. The summed E-state index contributed by atoms with van der Waals surface area (Å²) in [6, 6.07) is 16.0. The van der Waals surface area contributed by atoms with Crippen molar-refractivity contribution in [2.75, 3.05) is 32.8 Å². The van der Waals surface area contributed by atoms with Crippen molar-refractivity contribution in [3.63, 3.8) is 0 Å². The van der Waals surface area contributed by atoms with Gasteiger partial charge < -0.3 is 25.4 Å². The van der Waals surface area contributed by atoms with Crippen LogP contribution in [-0.2, 0) is 19.1 Å². The molecule has 0 aromatic heterocycles. The largest absolute Gasteiger partial charge is 0.480 e. The Balaban J connectivity index is 1.22. The summed E-state index contributed by atoms with van der Waals surface area (Å²) in [5, 5.41) is 13.8. The first kappa shape index (κ1) is 23.3. The Labute approximate surface area is 197 Å². The van der Waals surface area contributed by atoms with Crippen molar-refractivity contribution in [1.29, 1.82) is 0 Å². The van der Waals surface area contributed by atoms with Crippen LogP contribution in [0.1, 0.15) is 29.9 Å². The molecule has 0 spiro atoms. The van der Waals surface area contributed by atoms with E-state index in [1.807, 2.05) is 48.5 Å². The molecular formula is C25H27N3O6. The van der Waals surface area contributed by atoms with E-state index in [4.69, 9.17) is 9.84 Å². The third kappa shape index (κ3) is 5.72. The maximum Gasteiger partial charge on any atom is 0.407 e. The zero-order chi connectivity index (χ0) is 24.1. The number of ether oxygens (including phenoxy) is 1. The average Bonchev–Trinajstić information content (AvgIpc) is 3.59. The number of carboxylic acids is 1. The Morgan fingerprint density at radius 1 is 0.912 bits per heavy atom. The second-order valence-corrected chi connectivity index (χ2v) is 8.57. The van der Waals surface area contributed by atoms with E-state index >= 15 is 0 Å². The maximum absolute atomic E-state index is 12.3. The van der Waals surface area contributed by atoms with Crippen molar-refractivity contribution in [3.05, 3.63) is 59.7 Å². The molecular weight excluding hydrogens is 438 g/mol. The van der Waals surface area contributed by atoms with E-state index in [1.165, 1.54) is 4.90 Å². The van der Waals surface area contributed by atoms with Crippen LogP contribution in [0.3, 0.4) is 0 Å². The summed E-state index contributed by atoms with van der Waals surface area (Å²) in [6.07, 6.45) is 1.21. The first-order valence-corrected chi connectivity index (χ1v) is 11.3. The highest BCUT2D eigenvalue weighted by Crippen LogP contribution is 2.44. The maximum atomic E-state index is 12.3. The molecule has 2 aromatic rings. The lowest BCUT2D eigenvalue weighted by Gasteiger charge is -2.20. The second kappa shape index (κ2) is 10.4. The third-order valence-electron chi connectivity index (χ3n) is 6.03. The first-order chi connectivity index (χ1) is 16.4. The number of hydrogen-bond acceptors (Lipinski definition) is 5. The number of rotatable bonds is 10. The highest BCUT2D eigenvalue weighted by atomic mass is 16.5. The molecule has 0 heterocycles. The minimum atomic E-state index is -1.10. The predicted molar refractivity (Wildman–Crippen MR) is 123 cm³/mol. The van der Waals surface area contributed by atoms with Crippen LogP contribution in [0.4, 0.5) is 4.79 Å². The molecule has 0 radical (unpaired) electrons. The van der Waals surface area contributed by atoms with Crippen LogP contribution in [0.15, 0.2) is 48.5 Å². The molecule has 4 rings (SSSR count). The second-order valence-electron chi connectivity index (χ2n) is 8.57. The van der Waals surface area contributed by atoms with Gasteiger partial charge in [-0.3, -0.25) is 14.4 Å². The minimum absolute atomic E-state index is 0.0868. The van der Waals surface area contributed by atoms with E-state index in [9.17, 15) is 19.2 Å². The fourth-order valence-electron chi connectivity index (χ4n) is 4.18. The van der Waals surface area contributed by atoms with E-state index in [-0.39, 0.29) is 25.6 Å². The summed E-state index contributed by atoms with van der Waals surface area (Å²) in [5.41, 5.74) is 4.42. The number of carboxylic acid groups (broad SMARTS) is 1. The van der Waals surface area contributed by atoms with Crippen LogP contribution in [0.2, 0.25) is 0 Å². The van der Waals surface area contributed by atoms with Gasteiger partial charge in [0.1, 0.15) is 19.7 Å². The highest BCUT2D eigenvalue weighted by molar-refractivity contribution is 5.88. The molecule has 2 aliphatic carbocycles. The number of carbonyl (C=O) groups is 4. The molecule has 2 aliphatic rings. The standard InChI is InChI=1S/C25H27N3O6/c29-22(26-12-23(30)28(14-24(31)32)13-16-9-10-16)11-27-25(33)34-15-21-19-7-3-1-5-17(19)18-6-2-4-8-20(18)21/h1-8,16,21H,9-15H2,(H,26,29)(H,27,33)(H,31,32). The lowest BCUT2D eigenvalue weighted by molar-refractivity contribution is -0.144. The van der Waals surface area contributed by atoms with Gasteiger partial charge in [-0.05, 0) is 41.0 Å². The predicted octanol–water partition coefficient (Wildman–Crippen LogP) is 1.96. The van der Waals surface area contributed by atoms with Crippen molar-refractivity contribution >= 4 is 23.9 Å². The normalized spacial score (nSPS) is 14.0. The molecule has 0 saturated heterocycles. The molecule has 0 unspecified atom stereocenters. The average molecular weight is 466 g/mol. The lowest BCUT2D eigenvalue weighted by atomic mass is 9.98. The Bertz CT molecular complexity index is 1050. The molecule has 3 N–H and O–H groups in total. The fourth-order valence-corrected chi connectivity index (χ4v) is 4.18. The summed E-state index contributed by atoms with van der Waals surface area (Å²) in [6.45, 7) is -0.579. The topological polar surface area (TPSA) is 125 Å². The van der Waals surface area contributed by atoms with Gasteiger partial charge in [-0.2, -0.15) is 0 Å². The van der Waals surface area contributed by atoms with Gasteiger partial charge in [0.05, 0.1) is 6.54 Å². The van der Waals surface area contributed by atoms with Gasteiger partial charge in [-0.25, -0.2) is 4.79 Å². The molecule has 1 fully saturated rings. The fraction of sp³-hybridized carbons (Fsp3) is 0.360. The van der Waals surface area contributed by atoms with E-state index < -0.39 is 30.4 Å². The number of aliphatic carboxylic acids is 1. The van der Waals surface area contributed by atoms with E-state index in [2.05, 4.69) is 10.6 Å². The minimum Gasteiger partial charge on any atom is -0.480 e. The number of amides is 3. The van der Waals surface area contributed by atoms with Crippen LogP contribution >= 0.6 is 0 Å². The number of benzene rings is 2. The van der Waals surface area contributed by atoms with E-state index in [1.54, 1.807) is 0 Å². The smallest absolute Gasteiger partial charge is 0.407 e. The van der Waals surface area contributed by atoms with Crippen LogP contribution in [0.25, 0.3) is 11.1 Å². The monoisotopic (exact) mass is 465 g/mol. The molecule has 9 heteroatoms. The number of fused-ring (bicyclic) bond motifs is 3. The lowest BCUT2D eigenvalue weighted by Crippen LogP contribution is -2.45. The Kier molecular flexibility index (Phi) is 7.10. The van der Waals surface area contributed by atoms with Gasteiger partial charge in [0.25, 0.3) is 0 Å². The first-order valence-electron chi connectivity index (χ1n) is 11.3. The number of alkyl carbamates (subject to hydrolysis) is 1. The van der Waals surface area contributed by atoms with Crippen molar-refractivity contribution in [3.8, 4) is 11.1 Å². The van der Waals surface area contributed by atoms with Crippen LogP contribution in [0.5, 0.6) is 0 Å². The number of hydrogen-bond donors (Lipinski definition) is 3. The van der Waals surface area contributed by atoms with Crippen LogP contribution in [0, 0.1) is 5.92 Å². The molecule has 3 amide bonds. The summed E-state index contributed by atoms with van der Waals surface area (Å²) in [4.78, 5) is 48.7. The number of nitrogens with one attached hydrogen (secondary N) is 2. The molecule has 0 aliphatic heterocycles. The van der Waals surface area contributed by atoms with Gasteiger partial charge in [0.2, 0.25) is 11.8 Å². The Morgan fingerprint density at radius 3 is 2.12 bits per heavy atom. The van der Waals surface area contributed by atoms with E-state index in [0.717, 1.165) is 35.1 Å². The quantitative estimate of drug-likeness (QED) is 0.493. The molecule has 2 aromatic carbocycles. The molecule has 178 valence electrons. The zero-order valence-electron chi connectivity index (χ0n) is 18.7. The molecule has 34 heavy (non-hydrogen) atoms. The Hall–Kier alpha value is -3.88. The van der Waals surface area contributed by atoms with Crippen molar-refractivity contribution < 1.29 is 29.0 Å². The summed E-state index contributed by atoms with van der Waals surface area (Å²) >= 11 is 0. The highest BCUT2D eigenvalue weighted by Gasteiger charge is 2.29. The van der Waals surface area contributed by atoms with Crippen LogP contribution < -0.4 is 10.6 Å². The zero-order valence-corrected chi connectivity index (χ0v) is 18.7. The summed E-state index contributed by atoms with van der Waals surface area (Å²) in [5.74, 6) is -1.89. The van der Waals surface area contributed by atoms with Gasteiger partial charge in [0.15, 0.2) is 0 Å². The van der Waals surface area contributed by atoms with Gasteiger partial charge >= 0.3 is 12.1 Å². The summed E-state index contributed by atoms with van der Waals surface area (Å²) in [7, 11) is 0. The van der Waals surface area contributed by atoms with Crippen molar-refractivity contribution in [2.45, 2.75) is 18.8 Å². The summed E-state index contributed by atoms with van der Waals surface area (Å²) < 4.78 is 5.38. The third-order valence-corrected chi connectivity index (χ3v) is 6.03. The molecule has 0 atom stereocenters.